The van der Waals surface area contributed by atoms with Gasteiger partial charge in [-0.1, -0.05) is 0 Å². The molecule has 0 bridgehead atoms. The van der Waals surface area contributed by atoms with Crippen LogP contribution in [0.4, 0.5) is 22.0 Å². The minimum atomic E-state index is -4.78. The summed E-state index contributed by atoms with van der Waals surface area (Å²) < 4.78 is 65.0. The number of hydrogen-bond acceptors (Lipinski definition) is 1. The second-order valence-electron chi connectivity index (χ2n) is 4.13. The van der Waals surface area contributed by atoms with Crippen LogP contribution in [0.5, 0.6) is 0 Å². The highest BCUT2D eigenvalue weighted by molar-refractivity contribution is 5.86. The third-order valence-electron chi connectivity index (χ3n) is 2.68. The van der Waals surface area contributed by atoms with E-state index in [2.05, 4.69) is 4.98 Å². The molecule has 1 aromatic heterocycles. The van der Waals surface area contributed by atoms with Crippen LogP contribution < -0.4 is 0 Å². The Kier molecular flexibility index (Phi) is 2.77. The second kappa shape index (κ2) is 3.95. The molecule has 1 aromatic carbocycles. The number of rotatable bonds is 1. The van der Waals surface area contributed by atoms with Gasteiger partial charge < -0.3 is 4.98 Å². The van der Waals surface area contributed by atoms with Crippen molar-refractivity contribution in [1.29, 1.82) is 5.26 Å². The standard InChI is InChI=1S/C12H7F5N2/c1-11(13,14)9-4-7-8(19-9)3-2-6(5-18)10(7)12(15,16)17/h2-4,19H,1H3. The van der Waals surface area contributed by atoms with Crippen molar-refractivity contribution >= 4 is 10.9 Å². The van der Waals surface area contributed by atoms with Crippen LogP contribution in [0.25, 0.3) is 10.9 Å². The van der Waals surface area contributed by atoms with Gasteiger partial charge in [0.05, 0.1) is 22.9 Å². The van der Waals surface area contributed by atoms with Crippen molar-refractivity contribution in [3.63, 3.8) is 0 Å². The molecular formula is C12H7F5N2. The summed E-state index contributed by atoms with van der Waals surface area (Å²) in [5.41, 5.74) is -2.49. The Morgan fingerprint density at radius 1 is 1.16 bits per heavy atom. The van der Waals surface area contributed by atoms with Gasteiger partial charge in [0.1, 0.15) is 0 Å². The van der Waals surface area contributed by atoms with Crippen molar-refractivity contribution in [2.24, 2.45) is 0 Å². The highest BCUT2D eigenvalue weighted by Crippen LogP contribution is 2.39. The lowest BCUT2D eigenvalue weighted by Crippen LogP contribution is -2.08. The maximum absolute atomic E-state index is 13.1. The molecule has 19 heavy (non-hydrogen) atoms. The molecule has 0 amide bonds. The molecule has 2 nitrogen and oxygen atoms in total. The number of fused-ring (bicyclic) bond motifs is 1. The Hall–Kier alpha value is -2.10. The van der Waals surface area contributed by atoms with Gasteiger partial charge in [-0.25, -0.2) is 8.78 Å². The van der Waals surface area contributed by atoms with Crippen LogP contribution in [-0.2, 0) is 12.1 Å². The zero-order chi connectivity index (χ0) is 14.4. The lowest BCUT2D eigenvalue weighted by Gasteiger charge is -2.09. The molecule has 0 atom stereocenters. The summed E-state index contributed by atoms with van der Waals surface area (Å²) in [5, 5.41) is 8.27. The van der Waals surface area contributed by atoms with Gasteiger partial charge in [-0.05, 0) is 18.2 Å². The van der Waals surface area contributed by atoms with E-state index < -0.39 is 34.3 Å². The van der Waals surface area contributed by atoms with Crippen molar-refractivity contribution in [2.45, 2.75) is 19.0 Å². The molecule has 0 radical (unpaired) electrons. The van der Waals surface area contributed by atoms with Crippen molar-refractivity contribution in [3.05, 3.63) is 35.0 Å². The predicted octanol–water partition coefficient (Wildman–Crippen LogP) is 4.17. The van der Waals surface area contributed by atoms with Crippen molar-refractivity contribution < 1.29 is 22.0 Å². The molecule has 1 heterocycles. The molecule has 0 spiro atoms. The molecule has 100 valence electrons. The fourth-order valence-electron chi connectivity index (χ4n) is 1.84. The van der Waals surface area contributed by atoms with Crippen LogP contribution >= 0.6 is 0 Å². The maximum Gasteiger partial charge on any atom is 0.418 e. The minimum absolute atomic E-state index is 0.0807. The zero-order valence-electron chi connectivity index (χ0n) is 9.57. The summed E-state index contributed by atoms with van der Waals surface area (Å²) in [4.78, 5) is 2.24. The maximum atomic E-state index is 13.1. The van der Waals surface area contributed by atoms with E-state index in [1.54, 1.807) is 0 Å². The Morgan fingerprint density at radius 3 is 2.26 bits per heavy atom. The van der Waals surface area contributed by atoms with Crippen LogP contribution in [0.2, 0.25) is 0 Å². The molecule has 7 heteroatoms. The van der Waals surface area contributed by atoms with Gasteiger partial charge >= 0.3 is 6.18 Å². The third kappa shape index (κ3) is 2.26. The molecule has 1 N–H and O–H groups in total. The molecule has 0 saturated heterocycles. The Bertz CT molecular complexity index is 670. The van der Waals surface area contributed by atoms with Crippen LogP contribution in [0, 0.1) is 11.3 Å². The van der Waals surface area contributed by atoms with Gasteiger partial charge in [0.15, 0.2) is 0 Å². The number of nitrogens with zero attached hydrogens (tertiary/aromatic N) is 1. The minimum Gasteiger partial charge on any atom is -0.353 e. The van der Waals surface area contributed by atoms with Crippen molar-refractivity contribution in [3.8, 4) is 6.07 Å². The van der Waals surface area contributed by atoms with E-state index in [0.29, 0.717) is 6.92 Å². The summed E-state index contributed by atoms with van der Waals surface area (Å²) in [6.07, 6.45) is -4.78. The predicted molar refractivity (Wildman–Crippen MR) is 57.6 cm³/mol. The Labute approximate surface area is 104 Å². The van der Waals surface area contributed by atoms with Gasteiger partial charge in [0, 0.05) is 17.8 Å². The third-order valence-corrected chi connectivity index (χ3v) is 2.68. The van der Waals surface area contributed by atoms with Crippen LogP contribution in [0.15, 0.2) is 18.2 Å². The van der Waals surface area contributed by atoms with E-state index in [4.69, 9.17) is 5.26 Å². The van der Waals surface area contributed by atoms with E-state index >= 15 is 0 Å². The zero-order valence-corrected chi connectivity index (χ0v) is 9.57. The van der Waals surface area contributed by atoms with Crippen LogP contribution in [-0.4, -0.2) is 4.98 Å². The van der Waals surface area contributed by atoms with E-state index in [-0.39, 0.29) is 5.52 Å². The average Bonchev–Trinajstić information content (AvgIpc) is 2.68. The first-order valence-electron chi connectivity index (χ1n) is 5.16. The average molecular weight is 274 g/mol. The quantitative estimate of drug-likeness (QED) is 0.779. The van der Waals surface area contributed by atoms with Crippen molar-refractivity contribution in [1.82, 2.24) is 4.98 Å². The fraction of sp³-hybridized carbons (Fsp3) is 0.250. The smallest absolute Gasteiger partial charge is 0.353 e. The first-order valence-corrected chi connectivity index (χ1v) is 5.16. The molecule has 2 rings (SSSR count). The molecule has 0 aliphatic rings. The van der Waals surface area contributed by atoms with Gasteiger partial charge in [0.2, 0.25) is 0 Å². The largest absolute Gasteiger partial charge is 0.418 e. The van der Waals surface area contributed by atoms with E-state index in [1.165, 1.54) is 12.1 Å². The second-order valence-corrected chi connectivity index (χ2v) is 4.13. The van der Waals surface area contributed by atoms with Gasteiger partial charge in [0.25, 0.3) is 5.92 Å². The topological polar surface area (TPSA) is 39.6 Å². The Morgan fingerprint density at radius 2 is 1.79 bits per heavy atom. The number of alkyl halides is 5. The molecule has 0 unspecified atom stereocenters. The summed E-state index contributed by atoms with van der Waals surface area (Å²) in [6, 6.07) is 4.29. The molecule has 0 aliphatic carbocycles. The first kappa shape index (κ1) is 13.3. The number of aromatic amines is 1. The number of hydrogen-bond donors (Lipinski definition) is 1. The highest BCUT2D eigenvalue weighted by Gasteiger charge is 2.37. The molecule has 0 aliphatic heterocycles. The summed E-state index contributed by atoms with van der Waals surface area (Å²) in [5.74, 6) is -3.28. The van der Waals surface area contributed by atoms with Gasteiger partial charge in [-0.3, -0.25) is 0 Å². The van der Waals surface area contributed by atoms with Crippen LogP contribution in [0.3, 0.4) is 0 Å². The first-order chi connectivity index (χ1) is 8.64. The van der Waals surface area contributed by atoms with E-state index in [9.17, 15) is 22.0 Å². The normalized spacial score (nSPS) is 12.7. The lowest BCUT2D eigenvalue weighted by atomic mass is 10.0. The fourth-order valence-corrected chi connectivity index (χ4v) is 1.84. The number of aromatic nitrogens is 1. The molecule has 2 aromatic rings. The monoisotopic (exact) mass is 274 g/mol. The number of nitriles is 1. The number of H-pyrrole nitrogens is 1. The Balaban J connectivity index is 2.83. The van der Waals surface area contributed by atoms with Crippen molar-refractivity contribution in [2.75, 3.05) is 0 Å². The molecule has 0 fully saturated rings. The lowest BCUT2D eigenvalue weighted by molar-refractivity contribution is -0.136. The number of halogens is 5. The number of nitrogens with one attached hydrogen (secondary N) is 1. The van der Waals surface area contributed by atoms with Crippen LogP contribution in [0.1, 0.15) is 23.7 Å². The summed E-state index contributed by atoms with van der Waals surface area (Å²) >= 11 is 0. The van der Waals surface area contributed by atoms with E-state index in [1.807, 2.05) is 0 Å². The van der Waals surface area contributed by atoms with E-state index in [0.717, 1.165) is 12.1 Å². The molecule has 0 saturated carbocycles. The highest BCUT2D eigenvalue weighted by atomic mass is 19.4. The summed E-state index contributed by atoms with van der Waals surface area (Å²) in [6.45, 7) is 0.580. The van der Waals surface area contributed by atoms with Gasteiger partial charge in [-0.2, -0.15) is 18.4 Å². The number of benzene rings is 1. The SMILES string of the molecule is CC(F)(F)c1cc2c(C(F)(F)F)c(C#N)ccc2[nH]1. The van der Waals surface area contributed by atoms with Gasteiger partial charge in [-0.15, -0.1) is 0 Å². The summed E-state index contributed by atoms with van der Waals surface area (Å²) in [7, 11) is 0. The molecular weight excluding hydrogens is 267 g/mol.